The normalized spacial score (nSPS) is 12.3. The van der Waals surface area contributed by atoms with Crippen LogP contribution in [0, 0.1) is 6.92 Å². The monoisotopic (exact) mass is 337 g/mol. The van der Waals surface area contributed by atoms with Crippen LogP contribution >= 0.6 is 0 Å². The molecule has 0 N–H and O–H groups in total. The minimum absolute atomic E-state index is 0.288. The lowest BCUT2D eigenvalue weighted by atomic mass is 10.1. The van der Waals surface area contributed by atoms with Gasteiger partial charge in [-0.25, -0.2) is 12.4 Å². The van der Waals surface area contributed by atoms with Gasteiger partial charge in [-0.15, -0.1) is 0 Å². The summed E-state index contributed by atoms with van der Waals surface area (Å²) < 4.78 is 27.1. The van der Waals surface area contributed by atoms with Crippen molar-refractivity contribution in [2.24, 2.45) is 0 Å². The minimum Gasteiger partial charge on any atom is -0.242 e. The Bertz CT molecular complexity index is 966. The van der Waals surface area contributed by atoms with Gasteiger partial charge in [0.1, 0.15) is 0 Å². The fraction of sp³-hybridized carbons (Fsp3) is 0.100. The standard InChI is InChI=1S/C20H19NO2S/c1-16-10-12-20(13-11-16)24(22,23)21-14-6-9-19(21)15-17(2)18-7-4-3-5-8-18/h3-15H,1-2H3/b17-15-. The molecule has 0 bridgehead atoms. The fourth-order valence-electron chi connectivity index (χ4n) is 2.54. The molecular formula is C20H19NO2S. The van der Waals surface area contributed by atoms with E-state index >= 15 is 0 Å². The van der Waals surface area contributed by atoms with Gasteiger partial charge >= 0.3 is 0 Å². The zero-order chi connectivity index (χ0) is 17.2. The maximum atomic E-state index is 12.9. The molecule has 122 valence electrons. The van der Waals surface area contributed by atoms with Crippen molar-refractivity contribution >= 4 is 21.7 Å². The van der Waals surface area contributed by atoms with Gasteiger partial charge < -0.3 is 0 Å². The Kier molecular flexibility index (Phi) is 4.40. The summed E-state index contributed by atoms with van der Waals surface area (Å²) in [5, 5.41) is 0. The van der Waals surface area contributed by atoms with Gasteiger partial charge in [0.2, 0.25) is 0 Å². The van der Waals surface area contributed by atoms with Crippen molar-refractivity contribution in [2.45, 2.75) is 18.7 Å². The van der Waals surface area contributed by atoms with Crippen LogP contribution in [0.3, 0.4) is 0 Å². The molecule has 2 aromatic carbocycles. The van der Waals surface area contributed by atoms with Crippen molar-refractivity contribution in [3.05, 3.63) is 89.7 Å². The summed E-state index contributed by atoms with van der Waals surface area (Å²) in [5.74, 6) is 0. The first kappa shape index (κ1) is 16.3. The van der Waals surface area contributed by atoms with Gasteiger partial charge in [-0.1, -0.05) is 48.0 Å². The molecule has 0 saturated carbocycles. The van der Waals surface area contributed by atoms with E-state index in [0.717, 1.165) is 16.7 Å². The molecule has 0 radical (unpaired) electrons. The first-order chi connectivity index (χ1) is 11.5. The van der Waals surface area contributed by atoms with Crippen LogP contribution in [-0.2, 0) is 10.0 Å². The Morgan fingerprint density at radius 3 is 2.25 bits per heavy atom. The summed E-state index contributed by atoms with van der Waals surface area (Å²) in [5.41, 5.74) is 3.74. The van der Waals surface area contributed by atoms with Crippen LogP contribution in [0.5, 0.6) is 0 Å². The smallest absolute Gasteiger partial charge is 0.242 e. The van der Waals surface area contributed by atoms with E-state index < -0.39 is 10.0 Å². The largest absolute Gasteiger partial charge is 0.268 e. The summed E-state index contributed by atoms with van der Waals surface area (Å²) in [4.78, 5) is 0.288. The van der Waals surface area contributed by atoms with Gasteiger partial charge in [-0.2, -0.15) is 0 Å². The maximum Gasteiger partial charge on any atom is 0.268 e. The Morgan fingerprint density at radius 2 is 1.58 bits per heavy atom. The second-order valence-corrected chi connectivity index (χ2v) is 7.56. The molecule has 24 heavy (non-hydrogen) atoms. The number of aromatic nitrogens is 1. The van der Waals surface area contributed by atoms with Crippen molar-refractivity contribution < 1.29 is 8.42 Å². The molecule has 0 atom stereocenters. The highest BCUT2D eigenvalue weighted by Gasteiger charge is 2.18. The Balaban J connectivity index is 2.03. The van der Waals surface area contributed by atoms with Gasteiger partial charge in [0.05, 0.1) is 10.6 Å². The van der Waals surface area contributed by atoms with Crippen LogP contribution in [-0.4, -0.2) is 12.4 Å². The molecular weight excluding hydrogens is 318 g/mol. The molecule has 0 spiro atoms. The third-order valence-corrected chi connectivity index (χ3v) is 5.63. The summed E-state index contributed by atoms with van der Waals surface area (Å²) in [7, 11) is -3.60. The highest BCUT2D eigenvalue weighted by Crippen LogP contribution is 2.22. The van der Waals surface area contributed by atoms with Crippen molar-refractivity contribution in [1.82, 2.24) is 3.97 Å². The van der Waals surface area contributed by atoms with E-state index in [-0.39, 0.29) is 4.90 Å². The van der Waals surface area contributed by atoms with E-state index in [1.165, 1.54) is 3.97 Å². The van der Waals surface area contributed by atoms with E-state index in [2.05, 4.69) is 0 Å². The number of hydrogen-bond acceptors (Lipinski definition) is 2. The average Bonchev–Trinajstić information content (AvgIpc) is 3.05. The highest BCUT2D eigenvalue weighted by molar-refractivity contribution is 7.90. The van der Waals surface area contributed by atoms with Crippen LogP contribution < -0.4 is 0 Å². The Labute approximate surface area is 142 Å². The quantitative estimate of drug-likeness (QED) is 0.698. The van der Waals surface area contributed by atoms with Gasteiger partial charge in [0.25, 0.3) is 10.0 Å². The van der Waals surface area contributed by atoms with Gasteiger partial charge in [-0.3, -0.25) is 0 Å². The van der Waals surface area contributed by atoms with E-state index in [0.29, 0.717) is 5.69 Å². The van der Waals surface area contributed by atoms with E-state index in [1.54, 1.807) is 42.6 Å². The molecule has 4 heteroatoms. The lowest BCUT2D eigenvalue weighted by Crippen LogP contribution is -2.13. The zero-order valence-electron chi connectivity index (χ0n) is 13.7. The third-order valence-electron chi connectivity index (χ3n) is 3.91. The van der Waals surface area contributed by atoms with Crippen LogP contribution in [0.2, 0.25) is 0 Å². The predicted octanol–water partition coefficient (Wildman–Crippen LogP) is 4.59. The Morgan fingerprint density at radius 1 is 0.917 bits per heavy atom. The lowest BCUT2D eigenvalue weighted by molar-refractivity contribution is 0.587. The van der Waals surface area contributed by atoms with E-state index in [9.17, 15) is 8.42 Å². The molecule has 1 aromatic heterocycles. The van der Waals surface area contributed by atoms with Crippen LogP contribution in [0.15, 0.2) is 77.8 Å². The van der Waals surface area contributed by atoms with Crippen molar-refractivity contribution in [1.29, 1.82) is 0 Å². The van der Waals surface area contributed by atoms with E-state index in [1.807, 2.05) is 50.3 Å². The van der Waals surface area contributed by atoms with E-state index in [4.69, 9.17) is 0 Å². The SMILES string of the molecule is C/C(=C/c1cccn1S(=O)(=O)c1ccc(C)cc1)c1ccccc1. The number of rotatable bonds is 4. The first-order valence-electron chi connectivity index (χ1n) is 7.72. The number of hydrogen-bond donors (Lipinski definition) is 0. The lowest BCUT2D eigenvalue weighted by Gasteiger charge is -2.10. The van der Waals surface area contributed by atoms with Gasteiger partial charge in [-0.05, 0) is 55.3 Å². The topological polar surface area (TPSA) is 39.1 Å². The number of nitrogens with zero attached hydrogens (tertiary/aromatic N) is 1. The number of benzene rings is 2. The van der Waals surface area contributed by atoms with Crippen molar-refractivity contribution in [3.63, 3.8) is 0 Å². The molecule has 0 saturated heterocycles. The average molecular weight is 337 g/mol. The molecule has 0 aliphatic carbocycles. The van der Waals surface area contributed by atoms with Gasteiger partial charge in [0, 0.05) is 6.20 Å². The highest BCUT2D eigenvalue weighted by atomic mass is 32.2. The Hall–Kier alpha value is -2.59. The molecule has 1 heterocycles. The van der Waals surface area contributed by atoms with Crippen LogP contribution in [0.25, 0.3) is 11.6 Å². The second-order valence-electron chi connectivity index (χ2n) is 5.74. The van der Waals surface area contributed by atoms with Crippen LogP contribution in [0.1, 0.15) is 23.7 Å². The second kappa shape index (κ2) is 6.49. The van der Waals surface area contributed by atoms with Gasteiger partial charge in [0.15, 0.2) is 0 Å². The number of allylic oxidation sites excluding steroid dienone is 1. The maximum absolute atomic E-state index is 12.9. The molecule has 0 fully saturated rings. The molecule has 0 aliphatic rings. The predicted molar refractivity (Wildman–Crippen MR) is 98.2 cm³/mol. The third kappa shape index (κ3) is 3.19. The zero-order valence-corrected chi connectivity index (χ0v) is 14.5. The first-order valence-corrected chi connectivity index (χ1v) is 9.16. The molecule has 0 aliphatic heterocycles. The minimum atomic E-state index is -3.60. The summed E-state index contributed by atoms with van der Waals surface area (Å²) in [6.07, 6.45) is 3.47. The molecule has 3 nitrogen and oxygen atoms in total. The van der Waals surface area contributed by atoms with Crippen molar-refractivity contribution in [2.75, 3.05) is 0 Å². The summed E-state index contributed by atoms with van der Waals surface area (Å²) >= 11 is 0. The molecule has 0 unspecified atom stereocenters. The molecule has 0 amide bonds. The summed E-state index contributed by atoms with van der Waals surface area (Å²) in [6.45, 7) is 3.91. The fourth-order valence-corrected chi connectivity index (χ4v) is 3.87. The molecule has 3 aromatic rings. The summed E-state index contributed by atoms with van der Waals surface area (Å²) in [6, 6.07) is 20.4. The molecule has 3 rings (SSSR count). The van der Waals surface area contributed by atoms with Crippen molar-refractivity contribution in [3.8, 4) is 0 Å². The number of aryl methyl sites for hydroxylation is 1. The van der Waals surface area contributed by atoms with Crippen LogP contribution in [0.4, 0.5) is 0 Å².